The van der Waals surface area contributed by atoms with E-state index in [1.54, 1.807) is 26.2 Å². The van der Waals surface area contributed by atoms with Gasteiger partial charge in [0.25, 0.3) is 0 Å². The van der Waals surface area contributed by atoms with Crippen LogP contribution in [0.25, 0.3) is 0 Å². The predicted molar refractivity (Wildman–Crippen MR) is 70.8 cm³/mol. The molecule has 0 aliphatic rings. The first-order valence-corrected chi connectivity index (χ1v) is 6.09. The van der Waals surface area contributed by atoms with Crippen LogP contribution in [0.4, 0.5) is 4.39 Å². The van der Waals surface area contributed by atoms with Gasteiger partial charge in [0.2, 0.25) is 5.91 Å². The number of benzene rings is 1. The van der Waals surface area contributed by atoms with Crippen molar-refractivity contribution in [1.82, 2.24) is 9.80 Å². The van der Waals surface area contributed by atoms with Gasteiger partial charge in [-0.3, -0.25) is 9.69 Å². The molecule has 0 radical (unpaired) electrons. The zero-order chi connectivity index (χ0) is 14.4. The summed E-state index contributed by atoms with van der Waals surface area (Å²) in [6.45, 7) is 3.10. The van der Waals surface area contributed by atoms with Crippen molar-refractivity contribution >= 4 is 5.91 Å². The Morgan fingerprint density at radius 3 is 2.63 bits per heavy atom. The Balaban J connectivity index is 2.82. The molecule has 0 aliphatic heterocycles. The molecule has 1 aromatic carbocycles. The maximum Gasteiger partial charge on any atom is 0.236 e. The first kappa shape index (κ1) is 15.1. The number of carbonyl (C=O) groups is 1. The molecule has 0 N–H and O–H groups in total. The first-order chi connectivity index (χ1) is 8.99. The summed E-state index contributed by atoms with van der Waals surface area (Å²) in [5.74, 6) is -0.528. The lowest BCUT2D eigenvalue weighted by molar-refractivity contribution is -0.130. The van der Waals surface area contributed by atoms with Crippen molar-refractivity contribution in [1.29, 1.82) is 5.26 Å². The minimum absolute atomic E-state index is 0.0290. The highest BCUT2D eigenvalue weighted by Gasteiger charge is 2.14. The Labute approximate surface area is 113 Å². The molecule has 0 fully saturated rings. The van der Waals surface area contributed by atoms with Crippen LogP contribution in [-0.4, -0.2) is 42.9 Å². The number of hydrogen-bond donors (Lipinski definition) is 0. The summed E-state index contributed by atoms with van der Waals surface area (Å²) in [6.07, 6.45) is 0. The van der Waals surface area contributed by atoms with E-state index < -0.39 is 5.82 Å². The van der Waals surface area contributed by atoms with Crippen molar-refractivity contribution in [3.05, 3.63) is 35.1 Å². The van der Waals surface area contributed by atoms with Crippen LogP contribution in [0.15, 0.2) is 18.2 Å². The third kappa shape index (κ3) is 4.04. The van der Waals surface area contributed by atoms with E-state index in [0.717, 1.165) is 0 Å². The monoisotopic (exact) mass is 263 g/mol. The zero-order valence-corrected chi connectivity index (χ0v) is 11.5. The van der Waals surface area contributed by atoms with Crippen LogP contribution in [-0.2, 0) is 11.3 Å². The SMILES string of the molecule is CCN(CC(=O)N(C)C)Cc1cccc(C#N)c1F. The van der Waals surface area contributed by atoms with E-state index in [-0.39, 0.29) is 18.0 Å². The third-order valence-corrected chi connectivity index (χ3v) is 2.90. The number of nitrogens with zero attached hydrogens (tertiary/aromatic N) is 3. The van der Waals surface area contributed by atoms with E-state index in [1.807, 2.05) is 17.9 Å². The van der Waals surface area contributed by atoms with Gasteiger partial charge in [-0.2, -0.15) is 5.26 Å². The van der Waals surface area contributed by atoms with Crippen LogP contribution in [0.2, 0.25) is 0 Å². The lowest BCUT2D eigenvalue weighted by Crippen LogP contribution is -2.36. The average molecular weight is 263 g/mol. The largest absolute Gasteiger partial charge is 0.348 e. The van der Waals surface area contributed by atoms with E-state index in [1.165, 1.54) is 11.0 Å². The van der Waals surface area contributed by atoms with Crippen LogP contribution in [0.1, 0.15) is 18.1 Å². The van der Waals surface area contributed by atoms with Crippen LogP contribution in [0.5, 0.6) is 0 Å². The predicted octanol–water partition coefficient (Wildman–Crippen LogP) is 1.61. The second-order valence-electron chi connectivity index (χ2n) is 4.48. The summed E-state index contributed by atoms with van der Waals surface area (Å²) in [4.78, 5) is 15.0. The number of carbonyl (C=O) groups excluding carboxylic acids is 1. The van der Waals surface area contributed by atoms with Crippen molar-refractivity contribution < 1.29 is 9.18 Å². The molecule has 0 aliphatic carbocycles. The minimum Gasteiger partial charge on any atom is -0.348 e. The van der Waals surface area contributed by atoms with Gasteiger partial charge in [0, 0.05) is 26.2 Å². The molecule has 1 rings (SSSR count). The maximum absolute atomic E-state index is 13.9. The third-order valence-electron chi connectivity index (χ3n) is 2.90. The van der Waals surface area contributed by atoms with Gasteiger partial charge >= 0.3 is 0 Å². The van der Waals surface area contributed by atoms with Crippen molar-refractivity contribution in [2.75, 3.05) is 27.2 Å². The molecule has 0 atom stereocenters. The molecule has 1 aromatic rings. The Morgan fingerprint density at radius 1 is 1.42 bits per heavy atom. The van der Waals surface area contributed by atoms with Crippen molar-refractivity contribution in [2.24, 2.45) is 0 Å². The smallest absolute Gasteiger partial charge is 0.236 e. The number of halogens is 1. The van der Waals surface area contributed by atoms with Crippen LogP contribution in [0, 0.1) is 17.1 Å². The van der Waals surface area contributed by atoms with Crippen LogP contribution in [0.3, 0.4) is 0 Å². The molecule has 5 heteroatoms. The highest BCUT2D eigenvalue weighted by molar-refractivity contribution is 5.77. The summed E-state index contributed by atoms with van der Waals surface area (Å²) in [5.41, 5.74) is 0.472. The Bertz CT molecular complexity index is 494. The number of likely N-dealkylation sites (N-methyl/N-ethyl adjacent to an activating group) is 2. The molecule has 0 bridgehead atoms. The fraction of sp³-hybridized carbons (Fsp3) is 0.429. The number of amides is 1. The second kappa shape index (κ2) is 6.86. The van der Waals surface area contributed by atoms with Gasteiger partial charge in [0.05, 0.1) is 12.1 Å². The lowest BCUT2D eigenvalue weighted by atomic mass is 10.1. The van der Waals surface area contributed by atoms with Crippen LogP contribution >= 0.6 is 0 Å². The standard InChI is InChI=1S/C14H18FN3O/c1-4-18(10-13(19)17(2)3)9-12-7-5-6-11(8-16)14(12)15/h5-7H,4,9-10H2,1-3H3. The molecule has 4 nitrogen and oxygen atoms in total. The van der Waals surface area contributed by atoms with Crippen LogP contribution < -0.4 is 0 Å². The molecule has 0 spiro atoms. The normalized spacial score (nSPS) is 10.3. The average Bonchev–Trinajstić information content (AvgIpc) is 2.39. The molecule has 0 unspecified atom stereocenters. The number of hydrogen-bond acceptors (Lipinski definition) is 3. The summed E-state index contributed by atoms with van der Waals surface area (Å²) in [6, 6.07) is 6.55. The summed E-state index contributed by atoms with van der Waals surface area (Å²) in [5, 5.41) is 8.79. The van der Waals surface area contributed by atoms with E-state index in [2.05, 4.69) is 0 Å². The van der Waals surface area contributed by atoms with Gasteiger partial charge in [0.1, 0.15) is 11.9 Å². The summed E-state index contributed by atoms with van der Waals surface area (Å²) < 4.78 is 13.9. The highest BCUT2D eigenvalue weighted by Crippen LogP contribution is 2.14. The number of nitriles is 1. The Morgan fingerprint density at radius 2 is 2.11 bits per heavy atom. The molecule has 1 amide bonds. The van der Waals surface area contributed by atoms with E-state index in [9.17, 15) is 9.18 Å². The second-order valence-corrected chi connectivity index (χ2v) is 4.48. The molecule has 19 heavy (non-hydrogen) atoms. The molecule has 0 aromatic heterocycles. The summed E-state index contributed by atoms with van der Waals surface area (Å²) >= 11 is 0. The molecule has 0 saturated carbocycles. The molecular weight excluding hydrogens is 245 g/mol. The molecule has 102 valence electrons. The Kier molecular flexibility index (Phi) is 5.46. The molecule has 0 saturated heterocycles. The van der Waals surface area contributed by atoms with Gasteiger partial charge in [-0.15, -0.1) is 0 Å². The lowest BCUT2D eigenvalue weighted by Gasteiger charge is -2.22. The Hall–Kier alpha value is -1.93. The van der Waals surface area contributed by atoms with Gasteiger partial charge in [-0.25, -0.2) is 4.39 Å². The fourth-order valence-corrected chi connectivity index (χ4v) is 1.64. The van der Waals surface area contributed by atoms with Crippen molar-refractivity contribution in [3.63, 3.8) is 0 Å². The first-order valence-electron chi connectivity index (χ1n) is 6.09. The topological polar surface area (TPSA) is 47.3 Å². The van der Waals surface area contributed by atoms with Gasteiger partial charge in [-0.1, -0.05) is 19.1 Å². The van der Waals surface area contributed by atoms with Gasteiger partial charge < -0.3 is 4.90 Å². The van der Waals surface area contributed by atoms with E-state index >= 15 is 0 Å². The van der Waals surface area contributed by atoms with Gasteiger partial charge in [0.15, 0.2) is 0 Å². The van der Waals surface area contributed by atoms with E-state index in [4.69, 9.17) is 5.26 Å². The number of rotatable bonds is 5. The van der Waals surface area contributed by atoms with Crippen molar-refractivity contribution in [2.45, 2.75) is 13.5 Å². The van der Waals surface area contributed by atoms with Gasteiger partial charge in [-0.05, 0) is 12.6 Å². The zero-order valence-electron chi connectivity index (χ0n) is 11.5. The highest BCUT2D eigenvalue weighted by atomic mass is 19.1. The van der Waals surface area contributed by atoms with E-state index in [0.29, 0.717) is 18.7 Å². The maximum atomic E-state index is 13.9. The van der Waals surface area contributed by atoms with Crippen molar-refractivity contribution in [3.8, 4) is 6.07 Å². The molecular formula is C14H18FN3O. The quantitative estimate of drug-likeness (QED) is 0.811. The molecule has 0 heterocycles. The summed E-state index contributed by atoms with van der Waals surface area (Å²) in [7, 11) is 3.38. The minimum atomic E-state index is -0.499. The fourth-order valence-electron chi connectivity index (χ4n) is 1.64.